The molecule has 1 aromatic carbocycles. The number of hydrogen-bond acceptors (Lipinski definition) is 4. The van der Waals surface area contributed by atoms with Crippen LogP contribution in [-0.2, 0) is 0 Å². The van der Waals surface area contributed by atoms with Crippen molar-refractivity contribution in [3.8, 4) is 17.0 Å². The van der Waals surface area contributed by atoms with Gasteiger partial charge < -0.3 is 4.74 Å². The van der Waals surface area contributed by atoms with Crippen molar-refractivity contribution in [2.45, 2.75) is 6.92 Å². The van der Waals surface area contributed by atoms with E-state index in [1.165, 1.54) is 0 Å². The van der Waals surface area contributed by atoms with Gasteiger partial charge in [0.2, 0.25) is 5.78 Å². The largest absolute Gasteiger partial charge is 0.496 e. The summed E-state index contributed by atoms with van der Waals surface area (Å²) in [7, 11) is 1.60. The first-order valence-electron chi connectivity index (χ1n) is 6.18. The molecule has 0 fully saturated rings. The topological polar surface area (TPSA) is 56.5 Å². The fraction of sp³-hybridized carbons (Fsp3) is 0.133. The number of nitrogens with zero attached hydrogens (tertiary/aromatic N) is 3. The van der Waals surface area contributed by atoms with Crippen LogP contribution in [0.5, 0.6) is 5.75 Å². The SMILES string of the molecule is COc1ccc(C)cc1-c1nc2ncccn2c1C=O. The van der Waals surface area contributed by atoms with Crippen LogP contribution in [0.3, 0.4) is 0 Å². The number of fused-ring (bicyclic) bond motifs is 1. The van der Waals surface area contributed by atoms with Crippen LogP contribution >= 0.6 is 0 Å². The molecule has 5 nitrogen and oxygen atoms in total. The number of carbonyl (C=O) groups excluding carboxylic acids is 1. The van der Waals surface area contributed by atoms with Gasteiger partial charge in [-0.15, -0.1) is 0 Å². The number of benzene rings is 1. The lowest BCUT2D eigenvalue weighted by molar-refractivity contribution is 0.111. The third-order valence-corrected chi connectivity index (χ3v) is 3.16. The molecule has 0 atom stereocenters. The van der Waals surface area contributed by atoms with E-state index >= 15 is 0 Å². The molecule has 20 heavy (non-hydrogen) atoms. The summed E-state index contributed by atoms with van der Waals surface area (Å²) in [6.07, 6.45) is 4.21. The van der Waals surface area contributed by atoms with Gasteiger partial charge in [-0.25, -0.2) is 9.97 Å². The van der Waals surface area contributed by atoms with Crippen molar-refractivity contribution in [3.63, 3.8) is 0 Å². The summed E-state index contributed by atoms with van der Waals surface area (Å²) < 4.78 is 7.04. The van der Waals surface area contributed by atoms with Crippen LogP contribution in [0, 0.1) is 6.92 Å². The number of aromatic nitrogens is 3. The minimum atomic E-state index is 0.469. The number of aryl methyl sites for hydroxylation is 1. The van der Waals surface area contributed by atoms with Crippen LogP contribution in [0.15, 0.2) is 36.7 Å². The normalized spacial score (nSPS) is 10.7. The Morgan fingerprint density at radius 2 is 2.20 bits per heavy atom. The Morgan fingerprint density at radius 3 is 2.95 bits per heavy atom. The van der Waals surface area contributed by atoms with E-state index < -0.39 is 0 Å². The van der Waals surface area contributed by atoms with Gasteiger partial charge in [0.25, 0.3) is 0 Å². The molecule has 0 aliphatic carbocycles. The molecular formula is C15H13N3O2. The molecule has 3 rings (SSSR count). The van der Waals surface area contributed by atoms with Gasteiger partial charge in [-0.3, -0.25) is 9.20 Å². The molecule has 0 amide bonds. The quantitative estimate of drug-likeness (QED) is 0.684. The molecule has 5 heteroatoms. The highest BCUT2D eigenvalue weighted by Crippen LogP contribution is 2.32. The number of rotatable bonds is 3. The lowest BCUT2D eigenvalue weighted by Gasteiger charge is -2.07. The van der Waals surface area contributed by atoms with E-state index in [1.54, 1.807) is 30.0 Å². The Morgan fingerprint density at radius 1 is 1.35 bits per heavy atom. The van der Waals surface area contributed by atoms with Crippen molar-refractivity contribution in [2.24, 2.45) is 0 Å². The number of hydrogen-bond donors (Lipinski definition) is 0. The van der Waals surface area contributed by atoms with Crippen molar-refractivity contribution in [3.05, 3.63) is 47.9 Å². The standard InChI is InChI=1S/C15H13N3O2/c1-10-4-5-13(20-2)11(8-10)14-12(9-19)18-7-3-6-16-15(18)17-14/h3-9H,1-2H3. The van der Waals surface area contributed by atoms with Crippen molar-refractivity contribution in [1.29, 1.82) is 0 Å². The Bertz CT molecular complexity index is 793. The fourth-order valence-electron chi connectivity index (χ4n) is 2.22. The van der Waals surface area contributed by atoms with E-state index in [4.69, 9.17) is 4.74 Å². The van der Waals surface area contributed by atoms with Crippen molar-refractivity contribution in [2.75, 3.05) is 7.11 Å². The van der Waals surface area contributed by atoms with Crippen LogP contribution in [0.2, 0.25) is 0 Å². The zero-order valence-corrected chi connectivity index (χ0v) is 11.2. The van der Waals surface area contributed by atoms with Crippen LogP contribution in [0.4, 0.5) is 0 Å². The number of methoxy groups -OCH3 is 1. The van der Waals surface area contributed by atoms with E-state index in [1.807, 2.05) is 25.1 Å². The van der Waals surface area contributed by atoms with Gasteiger partial charge >= 0.3 is 0 Å². The van der Waals surface area contributed by atoms with Crippen LogP contribution < -0.4 is 4.74 Å². The number of aldehydes is 1. The molecule has 0 spiro atoms. The Labute approximate surface area is 115 Å². The molecule has 0 aliphatic heterocycles. The van der Waals surface area contributed by atoms with Gasteiger partial charge in [0, 0.05) is 18.0 Å². The molecule has 0 unspecified atom stereocenters. The minimum Gasteiger partial charge on any atom is -0.496 e. The number of ether oxygens (including phenoxy) is 1. The molecule has 0 saturated heterocycles. The highest BCUT2D eigenvalue weighted by atomic mass is 16.5. The van der Waals surface area contributed by atoms with Crippen molar-refractivity contribution >= 4 is 12.1 Å². The first-order valence-corrected chi connectivity index (χ1v) is 6.18. The molecule has 100 valence electrons. The summed E-state index contributed by atoms with van der Waals surface area (Å²) in [6.45, 7) is 1.98. The van der Waals surface area contributed by atoms with Crippen LogP contribution in [-0.4, -0.2) is 27.8 Å². The van der Waals surface area contributed by atoms with E-state index in [2.05, 4.69) is 9.97 Å². The maximum Gasteiger partial charge on any atom is 0.234 e. The highest BCUT2D eigenvalue weighted by molar-refractivity contribution is 5.87. The predicted molar refractivity (Wildman–Crippen MR) is 75.1 cm³/mol. The first-order chi connectivity index (χ1) is 9.74. The summed E-state index contributed by atoms with van der Waals surface area (Å²) in [6, 6.07) is 7.54. The van der Waals surface area contributed by atoms with Crippen LogP contribution in [0.1, 0.15) is 16.1 Å². The monoisotopic (exact) mass is 267 g/mol. The molecule has 0 aliphatic rings. The third kappa shape index (κ3) is 1.84. The third-order valence-electron chi connectivity index (χ3n) is 3.16. The number of imidazole rings is 1. The molecule has 2 heterocycles. The summed E-state index contributed by atoms with van der Waals surface area (Å²) in [5, 5.41) is 0. The van der Waals surface area contributed by atoms with Crippen LogP contribution in [0.25, 0.3) is 17.0 Å². The molecule has 0 radical (unpaired) electrons. The molecule has 2 aromatic heterocycles. The summed E-state index contributed by atoms with van der Waals surface area (Å²) in [4.78, 5) is 20.0. The molecule has 0 bridgehead atoms. The highest BCUT2D eigenvalue weighted by Gasteiger charge is 2.17. The smallest absolute Gasteiger partial charge is 0.234 e. The van der Waals surface area contributed by atoms with Gasteiger partial charge in [0.1, 0.15) is 17.1 Å². The lowest BCUT2D eigenvalue weighted by atomic mass is 10.1. The lowest BCUT2D eigenvalue weighted by Crippen LogP contribution is -1.94. The Hall–Kier alpha value is -2.69. The van der Waals surface area contributed by atoms with E-state index in [9.17, 15) is 4.79 Å². The second-order valence-electron chi connectivity index (χ2n) is 4.46. The molecular weight excluding hydrogens is 254 g/mol. The van der Waals surface area contributed by atoms with E-state index in [0.29, 0.717) is 22.9 Å². The zero-order valence-electron chi connectivity index (χ0n) is 11.2. The van der Waals surface area contributed by atoms with Gasteiger partial charge in [-0.1, -0.05) is 11.6 Å². The van der Waals surface area contributed by atoms with Crippen molar-refractivity contribution in [1.82, 2.24) is 14.4 Å². The fourth-order valence-corrected chi connectivity index (χ4v) is 2.22. The molecule has 3 aromatic rings. The van der Waals surface area contributed by atoms with E-state index in [0.717, 1.165) is 17.4 Å². The summed E-state index contributed by atoms with van der Waals surface area (Å²) in [5.41, 5.74) is 2.92. The average molecular weight is 267 g/mol. The maximum absolute atomic E-state index is 11.4. The average Bonchev–Trinajstić information content (AvgIpc) is 2.85. The molecule has 0 saturated carbocycles. The second kappa shape index (κ2) is 4.77. The first kappa shape index (κ1) is 12.3. The Balaban J connectivity index is 2.34. The minimum absolute atomic E-state index is 0.469. The second-order valence-corrected chi connectivity index (χ2v) is 4.46. The van der Waals surface area contributed by atoms with E-state index in [-0.39, 0.29) is 0 Å². The van der Waals surface area contributed by atoms with Gasteiger partial charge in [0.15, 0.2) is 6.29 Å². The van der Waals surface area contributed by atoms with Crippen molar-refractivity contribution < 1.29 is 9.53 Å². The zero-order chi connectivity index (χ0) is 14.1. The van der Waals surface area contributed by atoms with Gasteiger partial charge in [-0.2, -0.15) is 0 Å². The predicted octanol–water partition coefficient (Wildman–Crippen LogP) is 2.53. The van der Waals surface area contributed by atoms with Gasteiger partial charge in [0.05, 0.1) is 7.11 Å². The summed E-state index contributed by atoms with van der Waals surface area (Å²) >= 11 is 0. The maximum atomic E-state index is 11.4. The number of carbonyl (C=O) groups is 1. The van der Waals surface area contributed by atoms with Gasteiger partial charge in [-0.05, 0) is 25.1 Å². The Kier molecular flexibility index (Phi) is 2.95. The summed E-state index contributed by atoms with van der Waals surface area (Å²) in [5.74, 6) is 1.18. The molecule has 0 N–H and O–H groups in total.